The standard InChI is InChI=1S/C10H7ClO3/c11-6-8-9(14-10(12)13-8)7-4-2-1-3-5-7/h1-5H,6H2. The van der Waals surface area contributed by atoms with E-state index in [9.17, 15) is 4.79 Å². The van der Waals surface area contributed by atoms with Crippen LogP contribution in [0.2, 0.25) is 0 Å². The lowest BCUT2D eigenvalue weighted by Crippen LogP contribution is -1.85. The summed E-state index contributed by atoms with van der Waals surface area (Å²) in [5.41, 5.74) is 0.786. The third kappa shape index (κ3) is 1.59. The molecule has 0 N–H and O–H groups in total. The molecule has 0 aliphatic heterocycles. The van der Waals surface area contributed by atoms with Crippen molar-refractivity contribution in [3.63, 3.8) is 0 Å². The summed E-state index contributed by atoms with van der Waals surface area (Å²) in [4.78, 5) is 10.9. The van der Waals surface area contributed by atoms with E-state index >= 15 is 0 Å². The molecule has 4 heteroatoms. The Labute approximate surface area is 84.9 Å². The van der Waals surface area contributed by atoms with E-state index < -0.39 is 5.82 Å². The second kappa shape index (κ2) is 3.72. The van der Waals surface area contributed by atoms with Crippen molar-refractivity contribution >= 4 is 11.6 Å². The number of rotatable bonds is 2. The second-order valence-corrected chi connectivity index (χ2v) is 2.97. The molecule has 0 saturated carbocycles. The summed E-state index contributed by atoms with van der Waals surface area (Å²) in [5.74, 6) is 0.170. The van der Waals surface area contributed by atoms with E-state index in [-0.39, 0.29) is 5.88 Å². The third-order valence-corrected chi connectivity index (χ3v) is 2.05. The number of alkyl halides is 1. The van der Waals surface area contributed by atoms with Gasteiger partial charge in [0.05, 0.1) is 5.88 Å². The molecule has 0 spiro atoms. The van der Waals surface area contributed by atoms with Gasteiger partial charge in [-0.25, -0.2) is 4.79 Å². The zero-order chi connectivity index (χ0) is 9.97. The first-order chi connectivity index (χ1) is 6.81. The lowest BCUT2D eigenvalue weighted by atomic mass is 10.1. The minimum Gasteiger partial charge on any atom is -0.394 e. The van der Waals surface area contributed by atoms with E-state index in [1.807, 2.05) is 30.3 Å². The minimum absolute atomic E-state index is 0.121. The summed E-state index contributed by atoms with van der Waals surface area (Å²) in [6.07, 6.45) is 0. The Balaban J connectivity index is 2.56. The fourth-order valence-corrected chi connectivity index (χ4v) is 1.38. The highest BCUT2D eigenvalue weighted by molar-refractivity contribution is 6.17. The Morgan fingerprint density at radius 2 is 1.86 bits per heavy atom. The maximum atomic E-state index is 10.9. The van der Waals surface area contributed by atoms with Crippen LogP contribution in [0.4, 0.5) is 0 Å². The molecule has 1 heterocycles. The quantitative estimate of drug-likeness (QED) is 0.716. The molecule has 2 aromatic rings. The highest BCUT2D eigenvalue weighted by Crippen LogP contribution is 2.23. The van der Waals surface area contributed by atoms with E-state index in [0.29, 0.717) is 11.5 Å². The first-order valence-electron chi connectivity index (χ1n) is 4.05. The molecule has 72 valence electrons. The first kappa shape index (κ1) is 9.09. The molecular weight excluding hydrogens is 204 g/mol. The van der Waals surface area contributed by atoms with Gasteiger partial charge in [-0.1, -0.05) is 30.3 Å². The molecule has 2 rings (SSSR count). The van der Waals surface area contributed by atoms with E-state index in [1.165, 1.54) is 0 Å². The summed E-state index contributed by atoms with van der Waals surface area (Å²) in [6.45, 7) is 0. The molecule has 0 amide bonds. The van der Waals surface area contributed by atoms with Crippen molar-refractivity contribution in [1.29, 1.82) is 0 Å². The number of benzene rings is 1. The van der Waals surface area contributed by atoms with Crippen LogP contribution in [0.5, 0.6) is 0 Å². The highest BCUT2D eigenvalue weighted by atomic mass is 35.5. The SMILES string of the molecule is O=c1oc(CCl)c(-c2ccccc2)o1. The number of halogens is 1. The van der Waals surface area contributed by atoms with Gasteiger partial charge in [-0.05, 0) is 0 Å². The number of hydrogen-bond donors (Lipinski definition) is 0. The van der Waals surface area contributed by atoms with Crippen LogP contribution in [-0.4, -0.2) is 0 Å². The molecule has 0 radical (unpaired) electrons. The topological polar surface area (TPSA) is 43.4 Å². The normalized spacial score (nSPS) is 10.4. The molecule has 0 aliphatic rings. The van der Waals surface area contributed by atoms with Gasteiger partial charge in [0.1, 0.15) is 0 Å². The largest absolute Gasteiger partial charge is 0.519 e. The van der Waals surface area contributed by atoms with E-state index in [4.69, 9.17) is 20.4 Å². The smallest absolute Gasteiger partial charge is 0.394 e. The third-order valence-electron chi connectivity index (χ3n) is 1.80. The van der Waals surface area contributed by atoms with Gasteiger partial charge in [-0.2, -0.15) is 0 Å². The van der Waals surface area contributed by atoms with Crippen molar-refractivity contribution in [3.8, 4) is 11.3 Å². The van der Waals surface area contributed by atoms with Gasteiger partial charge >= 0.3 is 5.82 Å². The lowest BCUT2D eigenvalue weighted by molar-refractivity contribution is 0.380. The summed E-state index contributed by atoms with van der Waals surface area (Å²) in [7, 11) is 0. The zero-order valence-electron chi connectivity index (χ0n) is 7.20. The summed E-state index contributed by atoms with van der Waals surface area (Å²) >= 11 is 5.60. The molecule has 1 aromatic heterocycles. The monoisotopic (exact) mass is 210 g/mol. The van der Waals surface area contributed by atoms with Crippen LogP contribution in [0.3, 0.4) is 0 Å². The van der Waals surface area contributed by atoms with Gasteiger partial charge in [-0.3, -0.25) is 0 Å². The molecule has 1 aromatic carbocycles. The Bertz CT molecular complexity index is 470. The van der Waals surface area contributed by atoms with Crippen LogP contribution in [0.25, 0.3) is 11.3 Å². The van der Waals surface area contributed by atoms with Crippen LogP contribution < -0.4 is 5.82 Å². The zero-order valence-corrected chi connectivity index (χ0v) is 7.95. The minimum atomic E-state index is -0.723. The molecule has 0 unspecified atom stereocenters. The van der Waals surface area contributed by atoms with Crippen molar-refractivity contribution in [2.45, 2.75) is 5.88 Å². The summed E-state index contributed by atoms with van der Waals surface area (Å²) in [5, 5.41) is 0. The molecular formula is C10H7ClO3. The van der Waals surface area contributed by atoms with Crippen LogP contribution in [0, 0.1) is 0 Å². The highest BCUT2D eigenvalue weighted by Gasteiger charge is 2.12. The van der Waals surface area contributed by atoms with Gasteiger partial charge in [0.15, 0.2) is 11.5 Å². The van der Waals surface area contributed by atoms with Crippen molar-refractivity contribution in [2.24, 2.45) is 0 Å². The maximum Gasteiger partial charge on any atom is 0.519 e. The predicted octanol–water partition coefficient (Wildman–Crippen LogP) is 2.64. The van der Waals surface area contributed by atoms with Gasteiger partial charge in [-0.15, -0.1) is 11.6 Å². The van der Waals surface area contributed by atoms with Crippen LogP contribution in [-0.2, 0) is 5.88 Å². The van der Waals surface area contributed by atoms with Crippen LogP contribution in [0.1, 0.15) is 5.76 Å². The Morgan fingerprint density at radius 1 is 1.14 bits per heavy atom. The van der Waals surface area contributed by atoms with Crippen LogP contribution in [0.15, 0.2) is 44.0 Å². The molecule has 3 nitrogen and oxygen atoms in total. The van der Waals surface area contributed by atoms with Crippen molar-refractivity contribution in [1.82, 2.24) is 0 Å². The fraction of sp³-hybridized carbons (Fsp3) is 0.100. The second-order valence-electron chi connectivity index (χ2n) is 2.71. The van der Waals surface area contributed by atoms with Crippen molar-refractivity contribution < 1.29 is 8.83 Å². The Kier molecular flexibility index (Phi) is 2.41. The van der Waals surface area contributed by atoms with Gasteiger partial charge in [0, 0.05) is 5.56 Å². The lowest BCUT2D eigenvalue weighted by Gasteiger charge is -1.95. The maximum absolute atomic E-state index is 10.9. The fourth-order valence-electron chi connectivity index (χ4n) is 1.21. The average Bonchev–Trinajstić information content (AvgIpc) is 2.61. The van der Waals surface area contributed by atoms with Gasteiger partial charge < -0.3 is 8.83 Å². The molecule has 0 bridgehead atoms. The predicted molar refractivity (Wildman–Crippen MR) is 52.2 cm³/mol. The van der Waals surface area contributed by atoms with E-state index in [0.717, 1.165) is 5.56 Å². The van der Waals surface area contributed by atoms with Gasteiger partial charge in [0.25, 0.3) is 0 Å². The molecule has 0 atom stereocenters. The molecule has 14 heavy (non-hydrogen) atoms. The van der Waals surface area contributed by atoms with Gasteiger partial charge in [0.2, 0.25) is 0 Å². The summed E-state index contributed by atoms with van der Waals surface area (Å²) in [6, 6.07) is 9.22. The molecule has 0 fully saturated rings. The van der Waals surface area contributed by atoms with E-state index in [2.05, 4.69) is 0 Å². The number of hydrogen-bond acceptors (Lipinski definition) is 3. The summed E-state index contributed by atoms with van der Waals surface area (Å²) < 4.78 is 9.65. The van der Waals surface area contributed by atoms with E-state index in [1.54, 1.807) is 0 Å². The Hall–Kier alpha value is -1.48. The van der Waals surface area contributed by atoms with Crippen LogP contribution >= 0.6 is 11.6 Å². The molecule has 0 saturated heterocycles. The van der Waals surface area contributed by atoms with Crippen molar-refractivity contribution in [2.75, 3.05) is 0 Å². The molecule has 0 aliphatic carbocycles. The van der Waals surface area contributed by atoms with Crippen molar-refractivity contribution in [3.05, 3.63) is 46.7 Å². The average molecular weight is 211 g/mol. The first-order valence-corrected chi connectivity index (χ1v) is 4.59. The Morgan fingerprint density at radius 3 is 2.50 bits per heavy atom.